The average molecular weight is 254 g/mol. The Kier molecular flexibility index (Phi) is 4.94. The molecule has 0 bridgehead atoms. The third-order valence-electron chi connectivity index (χ3n) is 1.96. The molecule has 1 rings (SSSR count). The van der Waals surface area contributed by atoms with Crippen LogP contribution in [-0.2, 0) is 9.59 Å². The maximum atomic E-state index is 11.9. The molecular weight excluding hydrogens is 242 g/mol. The van der Waals surface area contributed by atoms with Gasteiger partial charge in [-0.2, -0.15) is 0 Å². The van der Waals surface area contributed by atoms with Crippen LogP contribution in [0, 0.1) is 0 Å². The minimum Gasteiger partial charge on any atom is -0.385 e. The van der Waals surface area contributed by atoms with Gasteiger partial charge in [0.2, 0.25) is 11.8 Å². The van der Waals surface area contributed by atoms with Crippen molar-refractivity contribution < 1.29 is 23.5 Å². The van der Waals surface area contributed by atoms with Gasteiger partial charge in [0.25, 0.3) is 6.43 Å². The second kappa shape index (κ2) is 6.00. The van der Waals surface area contributed by atoms with Crippen molar-refractivity contribution in [3.63, 3.8) is 0 Å². The van der Waals surface area contributed by atoms with E-state index in [1.165, 1.54) is 16.7 Å². The summed E-state index contributed by atoms with van der Waals surface area (Å²) in [6, 6.07) is 0. The summed E-state index contributed by atoms with van der Waals surface area (Å²) in [5, 5.41) is 10.9. The lowest BCUT2D eigenvalue weighted by atomic mass is 10.3. The van der Waals surface area contributed by atoms with Gasteiger partial charge in [0.15, 0.2) is 0 Å². The summed E-state index contributed by atoms with van der Waals surface area (Å²) < 4.78 is 23.8. The zero-order valence-electron chi connectivity index (χ0n) is 8.36. The van der Waals surface area contributed by atoms with Crippen molar-refractivity contribution >= 4 is 23.6 Å². The molecule has 16 heavy (non-hydrogen) atoms. The lowest BCUT2D eigenvalue weighted by molar-refractivity contribution is -0.132. The molecule has 1 aliphatic heterocycles. The van der Waals surface area contributed by atoms with Gasteiger partial charge >= 0.3 is 0 Å². The maximum absolute atomic E-state index is 11.9. The fraction of sp³-hybridized carbons (Fsp3) is 0.750. The predicted octanol–water partition coefficient (Wildman–Crippen LogP) is -0.738. The Labute approximate surface area is 95.2 Å². The number of aliphatic hydroxyl groups excluding tert-OH is 1. The molecule has 2 N–H and O–H groups in total. The molecule has 1 aliphatic rings. The Morgan fingerprint density at radius 3 is 2.81 bits per heavy atom. The zero-order chi connectivity index (χ0) is 12.1. The predicted molar refractivity (Wildman–Crippen MR) is 54.1 cm³/mol. The summed E-state index contributed by atoms with van der Waals surface area (Å²) in [6.45, 7) is -0.659. The standard InChI is InChI=1S/C8H12F2N2O3S/c9-8(10)5(13)1-11-6(14)2-12-4-16-3-7(12)15/h5,8,13H,1-4H2,(H,11,14). The Morgan fingerprint density at radius 1 is 1.62 bits per heavy atom. The molecule has 0 saturated carbocycles. The van der Waals surface area contributed by atoms with Gasteiger partial charge in [0.05, 0.1) is 11.6 Å². The van der Waals surface area contributed by atoms with Crippen molar-refractivity contribution in [2.45, 2.75) is 12.5 Å². The van der Waals surface area contributed by atoms with Gasteiger partial charge < -0.3 is 15.3 Å². The van der Waals surface area contributed by atoms with Crippen LogP contribution in [0.2, 0.25) is 0 Å². The second-order valence-corrected chi connectivity index (χ2v) is 4.23. The van der Waals surface area contributed by atoms with Crippen molar-refractivity contribution in [1.29, 1.82) is 0 Å². The first-order valence-electron chi connectivity index (χ1n) is 4.59. The number of thioether (sulfide) groups is 1. The fourth-order valence-electron chi connectivity index (χ4n) is 1.08. The molecule has 0 spiro atoms. The van der Waals surface area contributed by atoms with Crippen LogP contribution in [0.1, 0.15) is 0 Å². The van der Waals surface area contributed by atoms with Gasteiger partial charge in [-0.3, -0.25) is 9.59 Å². The van der Waals surface area contributed by atoms with E-state index in [9.17, 15) is 18.4 Å². The number of halogens is 2. The monoisotopic (exact) mass is 254 g/mol. The molecule has 1 heterocycles. The Bertz CT molecular complexity index is 278. The normalized spacial score (nSPS) is 18.0. The first kappa shape index (κ1) is 13.2. The molecule has 2 amide bonds. The van der Waals surface area contributed by atoms with Crippen molar-refractivity contribution in [2.24, 2.45) is 0 Å². The first-order chi connectivity index (χ1) is 7.50. The summed E-state index contributed by atoms with van der Waals surface area (Å²) in [6.07, 6.45) is -4.75. The number of amides is 2. The molecule has 5 nitrogen and oxygen atoms in total. The van der Waals surface area contributed by atoms with Crippen molar-refractivity contribution in [3.05, 3.63) is 0 Å². The third-order valence-corrected chi connectivity index (χ3v) is 2.90. The van der Waals surface area contributed by atoms with Crippen molar-refractivity contribution in [2.75, 3.05) is 24.7 Å². The smallest absolute Gasteiger partial charge is 0.265 e. The summed E-state index contributed by atoms with van der Waals surface area (Å²) in [7, 11) is 0. The van der Waals surface area contributed by atoms with Gasteiger partial charge in [0, 0.05) is 6.54 Å². The SMILES string of the molecule is O=C(CN1CSCC1=O)NCC(O)C(F)F. The topological polar surface area (TPSA) is 69.6 Å². The average Bonchev–Trinajstić information content (AvgIpc) is 2.60. The molecule has 1 fully saturated rings. The number of aliphatic hydroxyl groups is 1. The molecule has 0 aromatic rings. The van der Waals surface area contributed by atoms with Gasteiger partial charge in [0.1, 0.15) is 12.6 Å². The zero-order valence-corrected chi connectivity index (χ0v) is 9.17. The van der Waals surface area contributed by atoms with Crippen LogP contribution >= 0.6 is 11.8 Å². The fourth-order valence-corrected chi connectivity index (χ4v) is 1.98. The molecule has 1 saturated heterocycles. The molecule has 0 aromatic carbocycles. The lowest BCUT2D eigenvalue weighted by Gasteiger charge is -2.15. The van der Waals surface area contributed by atoms with Crippen LogP contribution in [0.5, 0.6) is 0 Å². The van der Waals surface area contributed by atoms with E-state index in [1.807, 2.05) is 0 Å². The summed E-state index contributed by atoms with van der Waals surface area (Å²) >= 11 is 1.39. The minimum absolute atomic E-state index is 0.144. The highest BCUT2D eigenvalue weighted by molar-refractivity contribution is 8.00. The number of nitrogens with zero attached hydrogens (tertiary/aromatic N) is 1. The number of nitrogens with one attached hydrogen (secondary N) is 1. The van der Waals surface area contributed by atoms with E-state index < -0.39 is 25.0 Å². The van der Waals surface area contributed by atoms with Crippen LogP contribution in [0.15, 0.2) is 0 Å². The van der Waals surface area contributed by atoms with Crippen LogP contribution in [0.25, 0.3) is 0 Å². The highest BCUT2D eigenvalue weighted by Gasteiger charge is 2.23. The van der Waals surface area contributed by atoms with E-state index in [0.29, 0.717) is 11.6 Å². The number of hydrogen-bond donors (Lipinski definition) is 2. The van der Waals surface area contributed by atoms with Crippen LogP contribution in [-0.4, -0.2) is 59.1 Å². The Hall–Kier alpha value is -0.890. The molecule has 1 atom stereocenters. The summed E-state index contributed by atoms with van der Waals surface area (Å²) in [4.78, 5) is 23.6. The number of rotatable bonds is 5. The van der Waals surface area contributed by atoms with Crippen LogP contribution < -0.4 is 5.32 Å². The Morgan fingerprint density at radius 2 is 2.31 bits per heavy atom. The van der Waals surface area contributed by atoms with E-state index in [-0.39, 0.29) is 12.5 Å². The summed E-state index contributed by atoms with van der Waals surface area (Å²) in [5.74, 6) is 0.0847. The molecule has 0 radical (unpaired) electrons. The van der Waals surface area contributed by atoms with Crippen molar-refractivity contribution in [1.82, 2.24) is 10.2 Å². The van der Waals surface area contributed by atoms with E-state index in [1.54, 1.807) is 0 Å². The van der Waals surface area contributed by atoms with Gasteiger partial charge in [-0.25, -0.2) is 8.78 Å². The highest BCUT2D eigenvalue weighted by Crippen LogP contribution is 2.13. The highest BCUT2D eigenvalue weighted by atomic mass is 32.2. The number of carbonyl (C=O) groups is 2. The van der Waals surface area contributed by atoms with E-state index in [0.717, 1.165) is 0 Å². The van der Waals surface area contributed by atoms with Gasteiger partial charge in [-0.1, -0.05) is 0 Å². The van der Waals surface area contributed by atoms with Gasteiger partial charge in [-0.05, 0) is 0 Å². The van der Waals surface area contributed by atoms with E-state index >= 15 is 0 Å². The molecule has 0 aliphatic carbocycles. The largest absolute Gasteiger partial charge is 0.385 e. The Balaban J connectivity index is 2.23. The van der Waals surface area contributed by atoms with E-state index in [4.69, 9.17) is 5.11 Å². The van der Waals surface area contributed by atoms with Crippen LogP contribution in [0.3, 0.4) is 0 Å². The third kappa shape index (κ3) is 3.93. The molecule has 1 unspecified atom stereocenters. The molecular formula is C8H12F2N2O3S. The molecule has 8 heteroatoms. The summed E-state index contributed by atoms with van der Waals surface area (Å²) in [5.41, 5.74) is 0. The van der Waals surface area contributed by atoms with Crippen molar-refractivity contribution in [3.8, 4) is 0 Å². The molecule has 92 valence electrons. The second-order valence-electron chi connectivity index (χ2n) is 3.28. The first-order valence-corrected chi connectivity index (χ1v) is 5.74. The maximum Gasteiger partial charge on any atom is 0.265 e. The number of alkyl halides is 2. The number of hydrogen-bond acceptors (Lipinski definition) is 4. The molecule has 0 aromatic heterocycles. The van der Waals surface area contributed by atoms with E-state index in [2.05, 4.69) is 5.32 Å². The minimum atomic E-state index is -2.88. The lowest BCUT2D eigenvalue weighted by Crippen LogP contribution is -2.42. The quantitative estimate of drug-likeness (QED) is 0.678. The van der Waals surface area contributed by atoms with Crippen LogP contribution in [0.4, 0.5) is 8.78 Å². The van der Waals surface area contributed by atoms with Gasteiger partial charge in [-0.15, -0.1) is 11.8 Å². The number of carbonyl (C=O) groups excluding carboxylic acids is 2.